The summed E-state index contributed by atoms with van der Waals surface area (Å²) in [5, 5.41) is 9.08. The van der Waals surface area contributed by atoms with Crippen LogP contribution in [0, 0.1) is 0 Å². The third-order valence-electron chi connectivity index (χ3n) is 1.51. The van der Waals surface area contributed by atoms with E-state index >= 15 is 0 Å². The predicted octanol–water partition coefficient (Wildman–Crippen LogP) is 1.10. The number of hydrogen-bond acceptors (Lipinski definition) is 3. The molecule has 0 fully saturated rings. The van der Waals surface area contributed by atoms with Crippen molar-refractivity contribution in [2.45, 2.75) is 45.8 Å². The van der Waals surface area contributed by atoms with Crippen LogP contribution in [0.15, 0.2) is 0 Å². The molecule has 0 bridgehead atoms. The highest BCUT2D eigenvalue weighted by Crippen LogP contribution is 2.04. The number of esters is 1. The average Bonchev–Trinajstić information content (AvgIpc) is 1.99. The van der Waals surface area contributed by atoms with E-state index < -0.39 is 6.10 Å². The van der Waals surface area contributed by atoms with Crippen molar-refractivity contribution in [2.24, 2.45) is 0 Å². The molecule has 0 saturated carbocycles. The van der Waals surface area contributed by atoms with Crippen LogP contribution < -0.4 is 0 Å². The number of hydrogen-bond donors (Lipinski definition) is 1. The second-order valence-electron chi connectivity index (χ2n) is 2.53. The number of aliphatic hydroxyl groups is 1. The lowest BCUT2D eigenvalue weighted by molar-refractivity contribution is -0.154. The average molecular weight is 160 g/mol. The number of rotatable bonds is 4. The van der Waals surface area contributed by atoms with Crippen LogP contribution in [0.1, 0.15) is 33.6 Å². The fourth-order valence-corrected chi connectivity index (χ4v) is 0.775. The second-order valence-corrected chi connectivity index (χ2v) is 2.53. The monoisotopic (exact) mass is 160 g/mol. The Hall–Kier alpha value is -0.570. The Balaban J connectivity index is 3.78. The van der Waals surface area contributed by atoms with Crippen LogP contribution in [0.25, 0.3) is 0 Å². The van der Waals surface area contributed by atoms with Crippen LogP contribution in [0.3, 0.4) is 0 Å². The minimum atomic E-state index is -0.574. The molecule has 0 aliphatic rings. The van der Waals surface area contributed by atoms with Gasteiger partial charge in [0.25, 0.3) is 0 Å². The fraction of sp³-hybridized carbons (Fsp3) is 0.875. The Morgan fingerprint density at radius 2 is 2.09 bits per heavy atom. The van der Waals surface area contributed by atoms with Gasteiger partial charge in [-0.2, -0.15) is 0 Å². The third kappa shape index (κ3) is 3.98. The van der Waals surface area contributed by atoms with Gasteiger partial charge in [0.1, 0.15) is 6.10 Å². The Morgan fingerprint density at radius 1 is 1.55 bits per heavy atom. The summed E-state index contributed by atoms with van der Waals surface area (Å²) < 4.78 is 4.92. The van der Waals surface area contributed by atoms with Crippen LogP contribution >= 0.6 is 0 Å². The van der Waals surface area contributed by atoms with Gasteiger partial charge in [0.05, 0.1) is 6.10 Å². The summed E-state index contributed by atoms with van der Waals surface area (Å²) >= 11 is 0. The molecule has 2 unspecified atom stereocenters. The SMILES string of the molecule is CCC(=O)OC(CC)C(C)O. The quantitative estimate of drug-likeness (QED) is 0.626. The zero-order valence-corrected chi connectivity index (χ0v) is 7.33. The van der Waals surface area contributed by atoms with Crippen molar-refractivity contribution in [3.63, 3.8) is 0 Å². The highest BCUT2D eigenvalue weighted by molar-refractivity contribution is 5.69. The van der Waals surface area contributed by atoms with Crippen LogP contribution in [-0.2, 0) is 9.53 Å². The summed E-state index contributed by atoms with van der Waals surface area (Å²) in [6.07, 6.45) is 0.102. The van der Waals surface area contributed by atoms with Crippen molar-refractivity contribution in [3.05, 3.63) is 0 Å². The molecule has 0 aliphatic heterocycles. The highest BCUT2D eigenvalue weighted by Gasteiger charge is 2.15. The zero-order chi connectivity index (χ0) is 8.85. The largest absolute Gasteiger partial charge is 0.460 e. The van der Waals surface area contributed by atoms with Gasteiger partial charge in [-0.25, -0.2) is 0 Å². The molecule has 0 radical (unpaired) electrons. The van der Waals surface area contributed by atoms with Crippen molar-refractivity contribution in [3.8, 4) is 0 Å². The molecule has 66 valence electrons. The van der Waals surface area contributed by atoms with Gasteiger partial charge >= 0.3 is 5.97 Å². The molecule has 0 aromatic carbocycles. The molecule has 0 spiro atoms. The Labute approximate surface area is 67.4 Å². The molecule has 0 aromatic rings. The van der Waals surface area contributed by atoms with E-state index in [0.29, 0.717) is 12.8 Å². The molecule has 2 atom stereocenters. The first-order chi connectivity index (χ1) is 5.11. The molecule has 0 saturated heterocycles. The zero-order valence-electron chi connectivity index (χ0n) is 7.33. The molecule has 0 amide bonds. The maximum absolute atomic E-state index is 10.8. The molecule has 0 aromatic heterocycles. The standard InChI is InChI=1S/C8H16O3/c1-4-7(6(3)9)11-8(10)5-2/h6-7,9H,4-5H2,1-3H3. The van der Waals surface area contributed by atoms with Gasteiger partial charge < -0.3 is 9.84 Å². The minimum absolute atomic E-state index is 0.252. The smallest absolute Gasteiger partial charge is 0.305 e. The van der Waals surface area contributed by atoms with E-state index in [1.165, 1.54) is 0 Å². The van der Waals surface area contributed by atoms with Crippen molar-refractivity contribution in [1.29, 1.82) is 0 Å². The Kier molecular flexibility index (Phi) is 4.86. The van der Waals surface area contributed by atoms with E-state index in [2.05, 4.69) is 0 Å². The molecule has 0 aliphatic carbocycles. The molecule has 3 heteroatoms. The fourth-order valence-electron chi connectivity index (χ4n) is 0.775. The first kappa shape index (κ1) is 10.4. The molecule has 1 N–H and O–H groups in total. The maximum atomic E-state index is 10.8. The number of carbonyl (C=O) groups is 1. The van der Waals surface area contributed by atoms with E-state index in [9.17, 15) is 4.79 Å². The predicted molar refractivity (Wildman–Crippen MR) is 42.1 cm³/mol. The first-order valence-corrected chi connectivity index (χ1v) is 3.99. The summed E-state index contributed by atoms with van der Waals surface area (Å²) in [6.45, 7) is 5.23. The first-order valence-electron chi connectivity index (χ1n) is 3.99. The van der Waals surface area contributed by atoms with Crippen LogP contribution in [0.4, 0.5) is 0 Å². The summed E-state index contributed by atoms with van der Waals surface area (Å²) in [5.41, 5.74) is 0. The van der Waals surface area contributed by atoms with E-state index in [1.54, 1.807) is 13.8 Å². The normalized spacial score (nSPS) is 15.6. The lowest BCUT2D eigenvalue weighted by Crippen LogP contribution is -2.27. The third-order valence-corrected chi connectivity index (χ3v) is 1.51. The second kappa shape index (κ2) is 5.13. The summed E-state index contributed by atoms with van der Waals surface area (Å²) in [5.74, 6) is -0.252. The highest BCUT2D eigenvalue weighted by atomic mass is 16.6. The van der Waals surface area contributed by atoms with Gasteiger partial charge in [-0.1, -0.05) is 13.8 Å². The summed E-state index contributed by atoms with van der Waals surface area (Å²) in [6, 6.07) is 0. The molecule has 3 nitrogen and oxygen atoms in total. The molecular weight excluding hydrogens is 144 g/mol. The molecular formula is C8H16O3. The van der Waals surface area contributed by atoms with Gasteiger partial charge in [0, 0.05) is 6.42 Å². The Bertz CT molecular complexity index is 121. The van der Waals surface area contributed by atoms with Gasteiger partial charge in [0.2, 0.25) is 0 Å². The summed E-state index contributed by atoms with van der Waals surface area (Å²) in [4.78, 5) is 10.8. The van der Waals surface area contributed by atoms with E-state index in [0.717, 1.165) is 0 Å². The molecule has 11 heavy (non-hydrogen) atoms. The van der Waals surface area contributed by atoms with Gasteiger partial charge in [-0.15, -0.1) is 0 Å². The van der Waals surface area contributed by atoms with E-state index in [-0.39, 0.29) is 12.1 Å². The lowest BCUT2D eigenvalue weighted by Gasteiger charge is -2.17. The molecule has 0 heterocycles. The van der Waals surface area contributed by atoms with Gasteiger partial charge in [-0.3, -0.25) is 4.79 Å². The Morgan fingerprint density at radius 3 is 2.36 bits per heavy atom. The minimum Gasteiger partial charge on any atom is -0.460 e. The van der Waals surface area contributed by atoms with E-state index in [4.69, 9.17) is 9.84 Å². The van der Waals surface area contributed by atoms with Gasteiger partial charge in [-0.05, 0) is 13.3 Å². The number of carbonyl (C=O) groups excluding carboxylic acids is 1. The topological polar surface area (TPSA) is 46.5 Å². The molecule has 0 rings (SSSR count). The lowest BCUT2D eigenvalue weighted by atomic mass is 10.2. The number of ether oxygens (including phenoxy) is 1. The van der Waals surface area contributed by atoms with Crippen LogP contribution in [0.2, 0.25) is 0 Å². The van der Waals surface area contributed by atoms with Crippen LogP contribution in [-0.4, -0.2) is 23.3 Å². The van der Waals surface area contributed by atoms with E-state index in [1.807, 2.05) is 6.92 Å². The summed E-state index contributed by atoms with van der Waals surface area (Å²) in [7, 11) is 0. The maximum Gasteiger partial charge on any atom is 0.305 e. The van der Waals surface area contributed by atoms with Gasteiger partial charge in [0.15, 0.2) is 0 Å². The van der Waals surface area contributed by atoms with Crippen molar-refractivity contribution < 1.29 is 14.6 Å². The van der Waals surface area contributed by atoms with Crippen molar-refractivity contribution in [1.82, 2.24) is 0 Å². The van der Waals surface area contributed by atoms with Crippen molar-refractivity contribution >= 4 is 5.97 Å². The van der Waals surface area contributed by atoms with Crippen molar-refractivity contribution in [2.75, 3.05) is 0 Å². The number of aliphatic hydroxyl groups excluding tert-OH is 1. The van der Waals surface area contributed by atoms with Crippen LogP contribution in [0.5, 0.6) is 0 Å².